The van der Waals surface area contributed by atoms with Crippen molar-refractivity contribution in [3.05, 3.63) is 0 Å². The average Bonchev–Trinajstić information content (AvgIpc) is 2.52. The molecule has 0 radical (unpaired) electrons. The second-order valence-electron chi connectivity index (χ2n) is 6.26. The second kappa shape index (κ2) is 8.37. The summed E-state index contributed by atoms with van der Waals surface area (Å²) in [4.78, 5) is 23.3. The summed E-state index contributed by atoms with van der Waals surface area (Å²) < 4.78 is 5.76. The molecule has 2 aliphatic carbocycles. The molecule has 2 N–H and O–H groups in total. The van der Waals surface area contributed by atoms with E-state index in [1.165, 1.54) is 19.3 Å². The summed E-state index contributed by atoms with van der Waals surface area (Å²) in [6, 6.07) is 0. The first-order valence-electron chi connectivity index (χ1n) is 8.30. The number of carboxylic acid groups (broad SMARTS) is 1. The number of rotatable bonds is 6. The van der Waals surface area contributed by atoms with Gasteiger partial charge in [0.15, 0.2) is 0 Å². The van der Waals surface area contributed by atoms with Crippen LogP contribution < -0.4 is 5.32 Å². The smallest absolute Gasteiger partial charge is 0.307 e. The molecule has 2 aliphatic rings. The van der Waals surface area contributed by atoms with Crippen LogP contribution in [0.5, 0.6) is 0 Å². The van der Waals surface area contributed by atoms with Gasteiger partial charge in [-0.1, -0.05) is 32.1 Å². The number of ether oxygens (including phenoxy) is 1. The molecule has 0 bridgehead atoms. The topological polar surface area (TPSA) is 75.6 Å². The Balaban J connectivity index is 1.67. The van der Waals surface area contributed by atoms with Crippen molar-refractivity contribution >= 4 is 11.9 Å². The van der Waals surface area contributed by atoms with Crippen LogP contribution in [0.1, 0.15) is 57.8 Å². The van der Waals surface area contributed by atoms with Gasteiger partial charge in [0.25, 0.3) is 0 Å². The van der Waals surface area contributed by atoms with Gasteiger partial charge in [-0.3, -0.25) is 9.59 Å². The van der Waals surface area contributed by atoms with Crippen molar-refractivity contribution in [1.82, 2.24) is 5.32 Å². The van der Waals surface area contributed by atoms with E-state index in [0.29, 0.717) is 32.1 Å². The number of carbonyl (C=O) groups excluding carboxylic acids is 1. The van der Waals surface area contributed by atoms with Gasteiger partial charge in [0.1, 0.15) is 0 Å². The summed E-state index contributed by atoms with van der Waals surface area (Å²) >= 11 is 0. The molecule has 5 heteroatoms. The molecule has 0 unspecified atom stereocenters. The Morgan fingerprint density at radius 2 is 1.57 bits per heavy atom. The molecule has 0 aliphatic heterocycles. The van der Waals surface area contributed by atoms with Crippen molar-refractivity contribution in [3.8, 4) is 0 Å². The van der Waals surface area contributed by atoms with Crippen molar-refractivity contribution in [3.63, 3.8) is 0 Å². The normalized spacial score (nSPS) is 27.2. The first kappa shape index (κ1) is 16.3. The molecule has 0 heterocycles. The van der Waals surface area contributed by atoms with Crippen LogP contribution in [0.2, 0.25) is 0 Å². The van der Waals surface area contributed by atoms with Gasteiger partial charge in [-0.25, -0.2) is 0 Å². The molecule has 2 atom stereocenters. The molecule has 0 aromatic heterocycles. The Labute approximate surface area is 126 Å². The lowest BCUT2D eigenvalue weighted by atomic mass is 9.79. The average molecular weight is 297 g/mol. The molecule has 21 heavy (non-hydrogen) atoms. The first-order valence-corrected chi connectivity index (χ1v) is 8.30. The molecule has 5 nitrogen and oxygen atoms in total. The third kappa shape index (κ3) is 4.99. The Morgan fingerprint density at radius 1 is 0.952 bits per heavy atom. The number of aliphatic carboxylic acids is 1. The van der Waals surface area contributed by atoms with Gasteiger partial charge in [0, 0.05) is 6.54 Å². The highest BCUT2D eigenvalue weighted by atomic mass is 16.5. The van der Waals surface area contributed by atoms with Gasteiger partial charge in [0.2, 0.25) is 5.91 Å². The molecular formula is C16H27NO4. The lowest BCUT2D eigenvalue weighted by Gasteiger charge is -2.27. The highest BCUT2D eigenvalue weighted by Gasteiger charge is 2.35. The SMILES string of the molecule is O=C(O)[C@H]1CCCC[C@H]1C(=O)NCCOC1CCCCC1. The van der Waals surface area contributed by atoms with Crippen molar-refractivity contribution < 1.29 is 19.4 Å². The lowest BCUT2D eigenvalue weighted by Crippen LogP contribution is -2.41. The van der Waals surface area contributed by atoms with E-state index in [1.807, 2.05) is 0 Å². The van der Waals surface area contributed by atoms with Crippen LogP contribution in [0.4, 0.5) is 0 Å². The summed E-state index contributed by atoms with van der Waals surface area (Å²) in [6.45, 7) is 1.01. The molecule has 2 rings (SSSR count). The van der Waals surface area contributed by atoms with E-state index in [9.17, 15) is 14.7 Å². The van der Waals surface area contributed by atoms with E-state index in [0.717, 1.165) is 25.7 Å². The predicted octanol–water partition coefficient (Wildman–Crippen LogP) is 2.34. The van der Waals surface area contributed by atoms with Crippen LogP contribution >= 0.6 is 0 Å². The van der Waals surface area contributed by atoms with Gasteiger partial charge < -0.3 is 15.2 Å². The quantitative estimate of drug-likeness (QED) is 0.738. The van der Waals surface area contributed by atoms with E-state index in [-0.39, 0.29) is 11.8 Å². The summed E-state index contributed by atoms with van der Waals surface area (Å²) in [5.74, 6) is -1.84. The van der Waals surface area contributed by atoms with Crippen molar-refractivity contribution in [1.29, 1.82) is 0 Å². The van der Waals surface area contributed by atoms with Crippen LogP contribution in [-0.4, -0.2) is 36.2 Å². The third-order valence-corrected chi connectivity index (χ3v) is 4.73. The number of hydrogen-bond donors (Lipinski definition) is 2. The fourth-order valence-electron chi connectivity index (χ4n) is 3.50. The number of amides is 1. The fourth-order valence-corrected chi connectivity index (χ4v) is 3.50. The largest absolute Gasteiger partial charge is 0.481 e. The highest BCUT2D eigenvalue weighted by molar-refractivity contribution is 5.84. The van der Waals surface area contributed by atoms with Crippen molar-refractivity contribution in [2.75, 3.05) is 13.2 Å². The van der Waals surface area contributed by atoms with E-state index in [4.69, 9.17) is 4.74 Å². The molecule has 0 aromatic carbocycles. The van der Waals surface area contributed by atoms with Crippen LogP contribution in [0.3, 0.4) is 0 Å². The molecule has 2 fully saturated rings. The molecule has 2 saturated carbocycles. The minimum absolute atomic E-state index is 0.116. The minimum Gasteiger partial charge on any atom is -0.481 e. The van der Waals surface area contributed by atoms with Crippen LogP contribution in [0.25, 0.3) is 0 Å². The van der Waals surface area contributed by atoms with E-state index >= 15 is 0 Å². The Bertz CT molecular complexity index is 352. The Hall–Kier alpha value is -1.10. The molecule has 0 saturated heterocycles. The third-order valence-electron chi connectivity index (χ3n) is 4.73. The van der Waals surface area contributed by atoms with Crippen molar-refractivity contribution in [2.45, 2.75) is 63.9 Å². The zero-order valence-electron chi connectivity index (χ0n) is 12.7. The van der Waals surface area contributed by atoms with E-state index < -0.39 is 11.9 Å². The second-order valence-corrected chi connectivity index (χ2v) is 6.26. The summed E-state index contributed by atoms with van der Waals surface area (Å²) in [7, 11) is 0. The molecule has 0 spiro atoms. The Morgan fingerprint density at radius 3 is 2.24 bits per heavy atom. The number of nitrogens with one attached hydrogen (secondary N) is 1. The van der Waals surface area contributed by atoms with Crippen LogP contribution in [-0.2, 0) is 14.3 Å². The van der Waals surface area contributed by atoms with Gasteiger partial charge in [-0.2, -0.15) is 0 Å². The first-order chi connectivity index (χ1) is 10.2. The predicted molar refractivity (Wildman–Crippen MR) is 78.9 cm³/mol. The van der Waals surface area contributed by atoms with Gasteiger partial charge in [-0.05, 0) is 25.7 Å². The summed E-state index contributed by atoms with van der Waals surface area (Å²) in [5, 5.41) is 12.0. The van der Waals surface area contributed by atoms with E-state index in [1.54, 1.807) is 0 Å². The van der Waals surface area contributed by atoms with Crippen LogP contribution in [0.15, 0.2) is 0 Å². The zero-order valence-corrected chi connectivity index (χ0v) is 12.7. The molecule has 0 aromatic rings. The number of carboxylic acids is 1. The standard InChI is InChI=1S/C16H27NO4/c18-15(13-8-4-5-9-14(13)16(19)20)17-10-11-21-12-6-2-1-3-7-12/h12-14H,1-11H2,(H,17,18)(H,19,20)/t13-,14+/m1/s1. The lowest BCUT2D eigenvalue weighted by molar-refractivity contribution is -0.149. The number of carbonyl (C=O) groups is 2. The number of hydrogen-bond acceptors (Lipinski definition) is 3. The molecule has 120 valence electrons. The van der Waals surface area contributed by atoms with Gasteiger partial charge in [-0.15, -0.1) is 0 Å². The highest BCUT2D eigenvalue weighted by Crippen LogP contribution is 2.30. The monoisotopic (exact) mass is 297 g/mol. The van der Waals surface area contributed by atoms with E-state index in [2.05, 4.69) is 5.32 Å². The van der Waals surface area contributed by atoms with Gasteiger partial charge >= 0.3 is 5.97 Å². The molecule has 1 amide bonds. The minimum atomic E-state index is -0.840. The zero-order chi connectivity index (χ0) is 15.1. The summed E-state index contributed by atoms with van der Waals surface area (Å²) in [6.07, 6.45) is 9.52. The Kier molecular flexibility index (Phi) is 6.49. The fraction of sp³-hybridized carbons (Fsp3) is 0.875. The van der Waals surface area contributed by atoms with Crippen molar-refractivity contribution in [2.24, 2.45) is 11.8 Å². The molecular weight excluding hydrogens is 270 g/mol. The summed E-state index contributed by atoms with van der Waals surface area (Å²) in [5.41, 5.74) is 0. The maximum atomic E-state index is 12.1. The maximum absolute atomic E-state index is 12.1. The van der Waals surface area contributed by atoms with Gasteiger partial charge in [0.05, 0.1) is 24.5 Å². The maximum Gasteiger partial charge on any atom is 0.307 e. The van der Waals surface area contributed by atoms with Crippen LogP contribution in [0, 0.1) is 11.8 Å².